The summed E-state index contributed by atoms with van der Waals surface area (Å²) in [6.07, 6.45) is 1.27. The van der Waals surface area contributed by atoms with Crippen LogP contribution in [0.15, 0.2) is 18.3 Å². The molecular formula is C11H16FN3. The van der Waals surface area contributed by atoms with Crippen molar-refractivity contribution < 1.29 is 4.39 Å². The van der Waals surface area contributed by atoms with Gasteiger partial charge in [0.2, 0.25) is 0 Å². The predicted octanol–water partition coefficient (Wildman–Crippen LogP) is 1.41. The van der Waals surface area contributed by atoms with Crippen molar-refractivity contribution in [2.45, 2.75) is 25.9 Å². The molecule has 2 rings (SSSR count). The van der Waals surface area contributed by atoms with Crippen LogP contribution in [-0.4, -0.2) is 30.2 Å². The molecule has 1 aromatic rings. The average molecular weight is 209 g/mol. The van der Waals surface area contributed by atoms with Crippen LogP contribution < -0.4 is 10.2 Å². The Balaban J connectivity index is 2.17. The summed E-state index contributed by atoms with van der Waals surface area (Å²) in [6, 6.07) is 4.05. The lowest BCUT2D eigenvalue weighted by Crippen LogP contribution is -2.54. The third kappa shape index (κ3) is 2.26. The van der Waals surface area contributed by atoms with Crippen LogP contribution in [0, 0.1) is 5.82 Å². The molecule has 1 N–H and O–H groups in total. The molecule has 2 atom stereocenters. The van der Waals surface area contributed by atoms with Gasteiger partial charge in [-0.3, -0.25) is 0 Å². The Morgan fingerprint density at radius 1 is 1.47 bits per heavy atom. The number of hydrogen-bond acceptors (Lipinski definition) is 3. The highest BCUT2D eigenvalue weighted by Gasteiger charge is 2.23. The number of nitrogens with zero attached hydrogens (tertiary/aromatic N) is 2. The molecule has 15 heavy (non-hydrogen) atoms. The Kier molecular flexibility index (Phi) is 2.86. The van der Waals surface area contributed by atoms with Crippen LogP contribution in [0.2, 0.25) is 0 Å². The van der Waals surface area contributed by atoms with Gasteiger partial charge in [-0.1, -0.05) is 0 Å². The Labute approximate surface area is 89.3 Å². The minimum atomic E-state index is -0.283. The zero-order valence-electron chi connectivity index (χ0n) is 9.07. The van der Waals surface area contributed by atoms with Gasteiger partial charge in [-0.15, -0.1) is 0 Å². The molecule has 0 saturated carbocycles. The highest BCUT2D eigenvalue weighted by molar-refractivity contribution is 5.40. The number of halogens is 1. The molecule has 0 amide bonds. The lowest BCUT2D eigenvalue weighted by atomic mass is 10.1. The van der Waals surface area contributed by atoms with Crippen LogP contribution in [0.5, 0.6) is 0 Å². The Bertz CT molecular complexity index is 325. The van der Waals surface area contributed by atoms with Crippen molar-refractivity contribution >= 4 is 5.82 Å². The standard InChI is InChI=1S/C11H16FN3/c1-8-7-15(9(2)5-13-8)11-4-3-10(12)6-14-11/h3-4,6,8-9,13H,5,7H2,1-2H3. The fourth-order valence-electron chi connectivity index (χ4n) is 1.88. The Morgan fingerprint density at radius 3 is 2.93 bits per heavy atom. The van der Waals surface area contributed by atoms with Gasteiger partial charge in [-0.05, 0) is 26.0 Å². The molecule has 2 heterocycles. The highest BCUT2D eigenvalue weighted by atomic mass is 19.1. The zero-order valence-corrected chi connectivity index (χ0v) is 9.07. The van der Waals surface area contributed by atoms with E-state index in [2.05, 4.69) is 29.0 Å². The normalized spacial score (nSPS) is 26.7. The second-order valence-electron chi connectivity index (χ2n) is 4.15. The molecule has 1 fully saturated rings. The third-order valence-electron chi connectivity index (χ3n) is 2.77. The minimum absolute atomic E-state index is 0.283. The first-order valence-electron chi connectivity index (χ1n) is 5.28. The third-order valence-corrected chi connectivity index (χ3v) is 2.77. The van der Waals surface area contributed by atoms with Gasteiger partial charge < -0.3 is 10.2 Å². The van der Waals surface area contributed by atoms with E-state index in [1.165, 1.54) is 12.3 Å². The van der Waals surface area contributed by atoms with Gasteiger partial charge >= 0.3 is 0 Å². The lowest BCUT2D eigenvalue weighted by molar-refractivity contribution is 0.422. The first-order valence-corrected chi connectivity index (χ1v) is 5.28. The van der Waals surface area contributed by atoms with Crippen LogP contribution in [0.25, 0.3) is 0 Å². The molecule has 4 heteroatoms. The number of pyridine rings is 1. The first-order chi connectivity index (χ1) is 7.16. The monoisotopic (exact) mass is 209 g/mol. The molecule has 3 nitrogen and oxygen atoms in total. The van der Waals surface area contributed by atoms with Crippen LogP contribution in [-0.2, 0) is 0 Å². The summed E-state index contributed by atoms with van der Waals surface area (Å²) in [5, 5.41) is 3.40. The molecule has 1 aromatic heterocycles. The highest BCUT2D eigenvalue weighted by Crippen LogP contribution is 2.16. The van der Waals surface area contributed by atoms with E-state index in [9.17, 15) is 4.39 Å². The van der Waals surface area contributed by atoms with E-state index in [4.69, 9.17) is 0 Å². The van der Waals surface area contributed by atoms with Crippen molar-refractivity contribution in [3.63, 3.8) is 0 Å². The smallest absolute Gasteiger partial charge is 0.141 e. The van der Waals surface area contributed by atoms with E-state index in [1.54, 1.807) is 6.07 Å². The van der Waals surface area contributed by atoms with Gasteiger partial charge in [0.05, 0.1) is 6.20 Å². The maximum atomic E-state index is 12.7. The van der Waals surface area contributed by atoms with Gasteiger partial charge in [-0.2, -0.15) is 0 Å². The number of hydrogen-bond donors (Lipinski definition) is 1. The van der Waals surface area contributed by atoms with Crippen LogP contribution in [0.4, 0.5) is 10.2 Å². The van der Waals surface area contributed by atoms with Gasteiger partial charge in [-0.25, -0.2) is 9.37 Å². The van der Waals surface area contributed by atoms with Gasteiger partial charge in [0, 0.05) is 25.2 Å². The van der Waals surface area contributed by atoms with E-state index in [0.29, 0.717) is 12.1 Å². The number of rotatable bonds is 1. The Hall–Kier alpha value is -1.16. The molecular weight excluding hydrogens is 193 g/mol. The Morgan fingerprint density at radius 2 is 2.27 bits per heavy atom. The van der Waals surface area contributed by atoms with Gasteiger partial charge in [0.15, 0.2) is 0 Å². The molecule has 0 radical (unpaired) electrons. The maximum Gasteiger partial charge on any atom is 0.141 e. The maximum absolute atomic E-state index is 12.7. The fraction of sp³-hybridized carbons (Fsp3) is 0.545. The van der Waals surface area contributed by atoms with Crippen LogP contribution in [0.1, 0.15) is 13.8 Å². The summed E-state index contributed by atoms with van der Waals surface area (Å²) in [5.74, 6) is 0.576. The van der Waals surface area contributed by atoms with Gasteiger partial charge in [0.25, 0.3) is 0 Å². The summed E-state index contributed by atoms with van der Waals surface area (Å²) in [4.78, 5) is 6.32. The summed E-state index contributed by atoms with van der Waals surface area (Å²) in [6.45, 7) is 6.15. The molecule has 0 aromatic carbocycles. The molecule has 0 aliphatic carbocycles. The predicted molar refractivity (Wildman–Crippen MR) is 58.5 cm³/mol. The van der Waals surface area contributed by atoms with Crippen molar-refractivity contribution in [3.05, 3.63) is 24.1 Å². The molecule has 2 unspecified atom stereocenters. The summed E-state index contributed by atoms with van der Waals surface area (Å²) >= 11 is 0. The fourth-order valence-corrected chi connectivity index (χ4v) is 1.88. The van der Waals surface area contributed by atoms with E-state index >= 15 is 0 Å². The molecule has 1 aliphatic heterocycles. The molecule has 82 valence electrons. The SMILES string of the molecule is CC1CN(c2ccc(F)cn2)C(C)CN1. The zero-order chi connectivity index (χ0) is 10.8. The van der Waals surface area contributed by atoms with Crippen molar-refractivity contribution in [2.24, 2.45) is 0 Å². The summed E-state index contributed by atoms with van der Waals surface area (Å²) < 4.78 is 12.7. The van der Waals surface area contributed by atoms with E-state index in [1.807, 2.05) is 0 Å². The van der Waals surface area contributed by atoms with E-state index < -0.39 is 0 Å². The quantitative estimate of drug-likeness (QED) is 0.758. The van der Waals surface area contributed by atoms with E-state index in [0.717, 1.165) is 18.9 Å². The second kappa shape index (κ2) is 4.14. The molecule has 1 aliphatic rings. The number of piperazine rings is 1. The first kappa shape index (κ1) is 10.4. The summed E-state index contributed by atoms with van der Waals surface area (Å²) in [7, 11) is 0. The second-order valence-corrected chi connectivity index (χ2v) is 4.15. The summed E-state index contributed by atoms with van der Waals surface area (Å²) in [5.41, 5.74) is 0. The van der Waals surface area contributed by atoms with Crippen molar-refractivity contribution in [1.82, 2.24) is 10.3 Å². The number of anilines is 1. The molecule has 0 spiro atoms. The topological polar surface area (TPSA) is 28.2 Å². The van der Waals surface area contributed by atoms with Crippen LogP contribution in [0.3, 0.4) is 0 Å². The number of aromatic nitrogens is 1. The van der Waals surface area contributed by atoms with Crippen molar-refractivity contribution in [2.75, 3.05) is 18.0 Å². The average Bonchev–Trinajstić information content (AvgIpc) is 2.23. The van der Waals surface area contributed by atoms with Crippen LogP contribution >= 0.6 is 0 Å². The largest absolute Gasteiger partial charge is 0.351 e. The molecule has 1 saturated heterocycles. The van der Waals surface area contributed by atoms with Gasteiger partial charge in [0.1, 0.15) is 11.6 Å². The lowest BCUT2D eigenvalue weighted by Gasteiger charge is -2.38. The van der Waals surface area contributed by atoms with Crippen molar-refractivity contribution in [1.29, 1.82) is 0 Å². The minimum Gasteiger partial charge on any atom is -0.351 e. The molecule has 0 bridgehead atoms. The van der Waals surface area contributed by atoms with Crippen molar-refractivity contribution in [3.8, 4) is 0 Å². The van der Waals surface area contributed by atoms with E-state index in [-0.39, 0.29) is 5.82 Å². The number of nitrogens with one attached hydrogen (secondary N) is 1.